The van der Waals surface area contributed by atoms with E-state index in [2.05, 4.69) is 22.1 Å². The average Bonchev–Trinajstić information content (AvgIpc) is 3.00. The fraction of sp³-hybridized carbons (Fsp3) is 0. The van der Waals surface area contributed by atoms with Gasteiger partial charge in [-0.3, -0.25) is 4.98 Å². The van der Waals surface area contributed by atoms with Crippen LogP contribution in [0.1, 0.15) is 0 Å². The highest BCUT2D eigenvalue weighted by Crippen LogP contribution is 2.37. The number of thiophene rings is 1. The predicted octanol–water partition coefficient (Wildman–Crippen LogP) is 5.71. The SMILES string of the molecule is Clc1nc(-c2ccc3cccnc3c2)nc2sc3ccccc3c12. The van der Waals surface area contributed by atoms with E-state index in [9.17, 15) is 0 Å². The second kappa shape index (κ2) is 5.23. The minimum absolute atomic E-state index is 0.494. The quantitative estimate of drug-likeness (QED) is 0.364. The minimum Gasteiger partial charge on any atom is -0.256 e. The lowest BCUT2D eigenvalue weighted by molar-refractivity contribution is 1.24. The van der Waals surface area contributed by atoms with E-state index < -0.39 is 0 Å². The number of hydrogen-bond donors (Lipinski definition) is 0. The molecular weight excluding hydrogens is 338 g/mol. The molecule has 3 nitrogen and oxygen atoms in total. The molecule has 0 radical (unpaired) electrons. The summed E-state index contributed by atoms with van der Waals surface area (Å²) in [5, 5.41) is 3.62. The maximum atomic E-state index is 6.49. The molecule has 5 aromatic rings. The molecular formula is C19H10ClN3S. The molecule has 0 aliphatic carbocycles. The van der Waals surface area contributed by atoms with Crippen molar-refractivity contribution >= 4 is 54.1 Å². The smallest absolute Gasteiger partial charge is 0.162 e. The molecule has 3 heterocycles. The van der Waals surface area contributed by atoms with Crippen LogP contribution in [0.5, 0.6) is 0 Å². The van der Waals surface area contributed by atoms with E-state index in [0.29, 0.717) is 11.0 Å². The Bertz CT molecular complexity index is 1230. The average molecular weight is 348 g/mol. The summed E-state index contributed by atoms with van der Waals surface area (Å²) in [6.45, 7) is 0. The van der Waals surface area contributed by atoms with E-state index in [-0.39, 0.29) is 0 Å². The van der Waals surface area contributed by atoms with Gasteiger partial charge in [-0.1, -0.05) is 48.0 Å². The van der Waals surface area contributed by atoms with Crippen molar-refractivity contribution in [2.75, 3.05) is 0 Å². The summed E-state index contributed by atoms with van der Waals surface area (Å²) < 4.78 is 1.17. The van der Waals surface area contributed by atoms with Crippen molar-refractivity contribution in [3.63, 3.8) is 0 Å². The molecule has 0 N–H and O–H groups in total. The molecule has 0 bridgehead atoms. The Hall–Kier alpha value is -2.56. The third-order valence-corrected chi connectivity index (χ3v) is 5.40. The highest BCUT2D eigenvalue weighted by atomic mass is 35.5. The molecule has 0 aliphatic heterocycles. The lowest BCUT2D eigenvalue weighted by Gasteiger charge is -2.04. The molecule has 24 heavy (non-hydrogen) atoms. The first kappa shape index (κ1) is 13.8. The number of nitrogens with zero attached hydrogens (tertiary/aromatic N) is 3. The summed E-state index contributed by atoms with van der Waals surface area (Å²) in [6.07, 6.45) is 1.79. The topological polar surface area (TPSA) is 38.7 Å². The minimum atomic E-state index is 0.494. The molecule has 114 valence electrons. The van der Waals surface area contributed by atoms with E-state index in [0.717, 1.165) is 32.1 Å². The van der Waals surface area contributed by atoms with Crippen LogP contribution in [0.15, 0.2) is 60.8 Å². The van der Waals surface area contributed by atoms with Crippen LogP contribution < -0.4 is 0 Å². The van der Waals surface area contributed by atoms with Crippen LogP contribution in [-0.2, 0) is 0 Å². The van der Waals surface area contributed by atoms with Gasteiger partial charge in [0, 0.05) is 27.2 Å². The molecule has 0 fully saturated rings. The monoisotopic (exact) mass is 347 g/mol. The van der Waals surface area contributed by atoms with Gasteiger partial charge >= 0.3 is 0 Å². The van der Waals surface area contributed by atoms with E-state index in [1.165, 1.54) is 4.70 Å². The summed E-state index contributed by atoms with van der Waals surface area (Å²) in [7, 11) is 0. The van der Waals surface area contributed by atoms with Gasteiger partial charge in [0.2, 0.25) is 0 Å². The van der Waals surface area contributed by atoms with Crippen molar-refractivity contribution in [1.82, 2.24) is 15.0 Å². The van der Waals surface area contributed by atoms with Crippen LogP contribution in [0.4, 0.5) is 0 Å². The fourth-order valence-electron chi connectivity index (χ4n) is 2.92. The molecule has 5 heteroatoms. The Morgan fingerprint density at radius 3 is 2.79 bits per heavy atom. The summed E-state index contributed by atoms with van der Waals surface area (Å²) in [4.78, 5) is 14.6. The first-order valence-corrected chi connectivity index (χ1v) is 8.69. The van der Waals surface area contributed by atoms with Crippen LogP contribution >= 0.6 is 22.9 Å². The highest BCUT2D eigenvalue weighted by molar-refractivity contribution is 7.25. The van der Waals surface area contributed by atoms with Gasteiger partial charge in [-0.2, -0.15) is 0 Å². The number of hydrogen-bond acceptors (Lipinski definition) is 4. The van der Waals surface area contributed by atoms with E-state index in [4.69, 9.17) is 16.6 Å². The third-order valence-electron chi connectivity index (χ3n) is 4.06. The Labute approximate surface area is 146 Å². The van der Waals surface area contributed by atoms with E-state index >= 15 is 0 Å². The van der Waals surface area contributed by atoms with Crippen LogP contribution in [0.3, 0.4) is 0 Å². The first-order chi connectivity index (χ1) is 11.8. The van der Waals surface area contributed by atoms with Crippen molar-refractivity contribution < 1.29 is 0 Å². The Balaban J connectivity index is 1.78. The van der Waals surface area contributed by atoms with Crippen LogP contribution in [0.2, 0.25) is 5.15 Å². The van der Waals surface area contributed by atoms with E-state index in [1.807, 2.05) is 42.5 Å². The van der Waals surface area contributed by atoms with Crippen molar-refractivity contribution in [2.45, 2.75) is 0 Å². The van der Waals surface area contributed by atoms with Crippen LogP contribution in [0, 0.1) is 0 Å². The Kier molecular flexibility index (Phi) is 3.01. The lowest BCUT2D eigenvalue weighted by Crippen LogP contribution is -1.90. The zero-order valence-electron chi connectivity index (χ0n) is 12.4. The van der Waals surface area contributed by atoms with Gasteiger partial charge in [0.1, 0.15) is 9.98 Å². The molecule has 0 atom stereocenters. The van der Waals surface area contributed by atoms with Gasteiger partial charge in [0.25, 0.3) is 0 Å². The second-order valence-corrected chi connectivity index (χ2v) is 6.92. The maximum Gasteiger partial charge on any atom is 0.162 e. The fourth-order valence-corrected chi connectivity index (χ4v) is 4.32. The standard InChI is InChI=1S/C19H10ClN3S/c20-17-16-13-5-1-2-6-15(13)24-19(16)23-18(22-17)12-8-7-11-4-3-9-21-14(11)10-12/h1-10H. The number of aromatic nitrogens is 3. The first-order valence-electron chi connectivity index (χ1n) is 7.49. The van der Waals surface area contributed by atoms with Crippen molar-refractivity contribution in [3.05, 3.63) is 65.9 Å². The number of rotatable bonds is 1. The Morgan fingerprint density at radius 2 is 1.83 bits per heavy atom. The van der Waals surface area contributed by atoms with Gasteiger partial charge in [0.15, 0.2) is 5.82 Å². The summed E-state index contributed by atoms with van der Waals surface area (Å²) in [5.41, 5.74) is 1.84. The third kappa shape index (κ3) is 2.08. The number of halogens is 1. The zero-order chi connectivity index (χ0) is 16.1. The number of pyridine rings is 1. The van der Waals surface area contributed by atoms with Crippen molar-refractivity contribution in [3.8, 4) is 11.4 Å². The van der Waals surface area contributed by atoms with E-state index in [1.54, 1.807) is 17.5 Å². The zero-order valence-corrected chi connectivity index (χ0v) is 14.0. The highest BCUT2D eigenvalue weighted by Gasteiger charge is 2.14. The molecule has 0 unspecified atom stereocenters. The van der Waals surface area contributed by atoms with Crippen molar-refractivity contribution in [2.24, 2.45) is 0 Å². The number of benzene rings is 2. The van der Waals surface area contributed by atoms with Gasteiger partial charge in [0.05, 0.1) is 10.9 Å². The largest absolute Gasteiger partial charge is 0.256 e. The second-order valence-electron chi connectivity index (χ2n) is 5.53. The normalized spacial score (nSPS) is 11.5. The molecule has 3 aromatic heterocycles. The summed E-state index contributed by atoms with van der Waals surface area (Å²) >= 11 is 8.13. The molecule has 0 saturated carbocycles. The lowest BCUT2D eigenvalue weighted by atomic mass is 10.1. The van der Waals surface area contributed by atoms with Gasteiger partial charge in [-0.15, -0.1) is 11.3 Å². The predicted molar refractivity (Wildman–Crippen MR) is 101 cm³/mol. The van der Waals surface area contributed by atoms with Gasteiger partial charge in [-0.25, -0.2) is 9.97 Å². The van der Waals surface area contributed by atoms with Gasteiger partial charge in [-0.05, 0) is 18.2 Å². The molecule has 0 saturated heterocycles. The summed E-state index contributed by atoms with van der Waals surface area (Å²) in [6, 6.07) is 18.2. The van der Waals surface area contributed by atoms with Gasteiger partial charge < -0.3 is 0 Å². The van der Waals surface area contributed by atoms with Crippen molar-refractivity contribution in [1.29, 1.82) is 0 Å². The molecule has 5 rings (SSSR count). The Morgan fingerprint density at radius 1 is 0.917 bits per heavy atom. The number of fused-ring (bicyclic) bond motifs is 4. The van der Waals surface area contributed by atoms with Crippen LogP contribution in [-0.4, -0.2) is 15.0 Å². The molecule has 2 aromatic carbocycles. The molecule has 0 spiro atoms. The molecule has 0 aliphatic rings. The molecule has 0 amide bonds. The summed E-state index contributed by atoms with van der Waals surface area (Å²) in [5.74, 6) is 0.631. The van der Waals surface area contributed by atoms with Crippen LogP contribution in [0.25, 0.3) is 42.6 Å². The maximum absolute atomic E-state index is 6.49.